The number of hydrogen-bond donors (Lipinski definition) is 2. The lowest BCUT2D eigenvalue weighted by Gasteiger charge is -2.32. The van der Waals surface area contributed by atoms with Crippen LogP contribution in [-0.2, 0) is 6.54 Å². The lowest BCUT2D eigenvalue weighted by Crippen LogP contribution is -2.49. The number of fused-ring (bicyclic) bond motifs is 1. The lowest BCUT2D eigenvalue weighted by atomic mass is 10.2. The topological polar surface area (TPSA) is 109 Å². The molecule has 10 heteroatoms. The first-order chi connectivity index (χ1) is 14.0. The highest BCUT2D eigenvalue weighted by atomic mass is 16.2. The Bertz CT molecular complexity index is 1100. The number of carbonyl (C=O) groups is 1. The third kappa shape index (κ3) is 3.70. The molecule has 1 aliphatic heterocycles. The van der Waals surface area contributed by atoms with Crippen LogP contribution in [0.25, 0.3) is 5.78 Å². The van der Waals surface area contributed by atoms with Gasteiger partial charge in [-0.05, 0) is 32.9 Å². The molecule has 0 saturated carbocycles. The van der Waals surface area contributed by atoms with E-state index in [4.69, 9.17) is 0 Å². The Morgan fingerprint density at radius 1 is 1.31 bits per heavy atom. The van der Waals surface area contributed by atoms with Gasteiger partial charge in [-0.2, -0.15) is 0 Å². The van der Waals surface area contributed by atoms with Gasteiger partial charge in [0.15, 0.2) is 11.6 Å². The van der Waals surface area contributed by atoms with Crippen molar-refractivity contribution in [2.75, 3.05) is 29.9 Å². The van der Waals surface area contributed by atoms with Crippen LogP contribution in [0.3, 0.4) is 0 Å². The molecular formula is C19H24N8O2. The van der Waals surface area contributed by atoms with Gasteiger partial charge in [-0.1, -0.05) is 0 Å². The predicted octanol–water partition coefficient (Wildman–Crippen LogP) is 0.665. The number of hydrogen-bond acceptors (Lipinski definition) is 7. The predicted molar refractivity (Wildman–Crippen MR) is 110 cm³/mol. The van der Waals surface area contributed by atoms with E-state index >= 15 is 0 Å². The molecule has 1 saturated heterocycles. The Hall–Kier alpha value is -3.27. The fourth-order valence-electron chi connectivity index (χ4n) is 3.55. The monoisotopic (exact) mass is 396 g/mol. The van der Waals surface area contributed by atoms with E-state index in [2.05, 4.69) is 37.6 Å². The standard InChI is InChI=1S/C19H24N8O2/c1-4-27-18(29)14(11-26-10-13(3)21-19(26)27)17(28)22-15-5-6-16(24-23-15)25-8-7-20-12(2)9-25/h5-6,10-12,20H,4,7-9H2,1-3H3,(H,22,23,28)/t12-/m0/s1. The van der Waals surface area contributed by atoms with Crippen molar-refractivity contribution in [2.45, 2.75) is 33.4 Å². The molecular weight excluding hydrogens is 372 g/mol. The first-order valence-electron chi connectivity index (χ1n) is 9.69. The third-order valence-corrected chi connectivity index (χ3v) is 4.96. The maximum absolute atomic E-state index is 12.7. The van der Waals surface area contributed by atoms with Crippen LogP contribution in [0.5, 0.6) is 0 Å². The molecule has 0 bridgehead atoms. The molecule has 1 atom stereocenters. The van der Waals surface area contributed by atoms with Crippen LogP contribution >= 0.6 is 0 Å². The number of aromatic nitrogens is 5. The van der Waals surface area contributed by atoms with E-state index in [9.17, 15) is 9.59 Å². The largest absolute Gasteiger partial charge is 0.352 e. The molecule has 10 nitrogen and oxygen atoms in total. The molecule has 3 aromatic rings. The van der Waals surface area contributed by atoms with Crippen LogP contribution in [0.2, 0.25) is 0 Å². The molecule has 1 fully saturated rings. The number of amides is 1. The SMILES string of the molecule is CCn1c(=O)c(C(=O)Nc2ccc(N3CCN[C@@H](C)C3)nn2)cn2cc(C)nc12. The van der Waals surface area contributed by atoms with E-state index in [0.717, 1.165) is 31.1 Å². The molecule has 2 N–H and O–H groups in total. The van der Waals surface area contributed by atoms with Crippen molar-refractivity contribution in [3.05, 3.63) is 46.1 Å². The molecule has 29 heavy (non-hydrogen) atoms. The smallest absolute Gasteiger partial charge is 0.267 e. The molecule has 0 aliphatic carbocycles. The lowest BCUT2D eigenvalue weighted by molar-refractivity contribution is 0.102. The summed E-state index contributed by atoms with van der Waals surface area (Å²) < 4.78 is 3.16. The van der Waals surface area contributed by atoms with Gasteiger partial charge in [0.25, 0.3) is 11.5 Å². The number of rotatable bonds is 4. The molecule has 0 spiro atoms. The van der Waals surface area contributed by atoms with Gasteiger partial charge < -0.3 is 15.5 Å². The fraction of sp³-hybridized carbons (Fsp3) is 0.421. The minimum absolute atomic E-state index is 0.0264. The van der Waals surface area contributed by atoms with Crippen molar-refractivity contribution in [3.63, 3.8) is 0 Å². The van der Waals surface area contributed by atoms with Gasteiger partial charge in [-0.15, -0.1) is 10.2 Å². The molecule has 1 amide bonds. The Morgan fingerprint density at radius 3 is 2.83 bits per heavy atom. The average Bonchev–Trinajstić information content (AvgIpc) is 3.08. The normalized spacial score (nSPS) is 16.9. The first-order valence-corrected chi connectivity index (χ1v) is 9.69. The summed E-state index contributed by atoms with van der Waals surface area (Å²) >= 11 is 0. The van der Waals surface area contributed by atoms with Gasteiger partial charge in [0.1, 0.15) is 5.56 Å². The fourth-order valence-corrected chi connectivity index (χ4v) is 3.55. The summed E-state index contributed by atoms with van der Waals surface area (Å²) in [6, 6.07) is 3.91. The van der Waals surface area contributed by atoms with Crippen molar-refractivity contribution < 1.29 is 4.79 Å². The van der Waals surface area contributed by atoms with Crippen LogP contribution in [0.4, 0.5) is 11.6 Å². The summed E-state index contributed by atoms with van der Waals surface area (Å²) in [6.07, 6.45) is 3.28. The van der Waals surface area contributed by atoms with Gasteiger partial charge in [0.2, 0.25) is 5.78 Å². The third-order valence-electron chi connectivity index (χ3n) is 4.96. The first kappa shape index (κ1) is 19.1. The number of aryl methyl sites for hydroxylation is 2. The summed E-state index contributed by atoms with van der Waals surface area (Å²) in [5.74, 6) is 1.05. The average molecular weight is 396 g/mol. The van der Waals surface area contributed by atoms with Crippen molar-refractivity contribution >= 4 is 23.3 Å². The molecule has 1 aliphatic rings. The van der Waals surface area contributed by atoms with E-state index in [1.165, 1.54) is 10.8 Å². The zero-order chi connectivity index (χ0) is 20.5. The van der Waals surface area contributed by atoms with E-state index in [1.54, 1.807) is 16.7 Å². The Morgan fingerprint density at radius 2 is 2.14 bits per heavy atom. The number of nitrogens with zero attached hydrogens (tertiary/aromatic N) is 6. The van der Waals surface area contributed by atoms with Crippen molar-refractivity contribution in [3.8, 4) is 0 Å². The molecule has 3 aromatic heterocycles. The van der Waals surface area contributed by atoms with Crippen LogP contribution in [0, 0.1) is 6.92 Å². The number of piperazine rings is 1. The molecule has 0 aromatic carbocycles. The molecule has 152 valence electrons. The minimum atomic E-state index is -0.525. The highest BCUT2D eigenvalue weighted by Gasteiger charge is 2.19. The van der Waals surface area contributed by atoms with Gasteiger partial charge in [0, 0.05) is 44.6 Å². The van der Waals surface area contributed by atoms with Crippen LogP contribution < -0.4 is 21.1 Å². The van der Waals surface area contributed by atoms with E-state index in [1.807, 2.05) is 19.9 Å². The molecule has 0 radical (unpaired) electrons. The van der Waals surface area contributed by atoms with Gasteiger partial charge in [-0.25, -0.2) is 4.98 Å². The maximum atomic E-state index is 12.7. The van der Waals surface area contributed by atoms with E-state index in [0.29, 0.717) is 24.2 Å². The maximum Gasteiger partial charge on any atom is 0.267 e. The summed E-state index contributed by atoms with van der Waals surface area (Å²) in [7, 11) is 0. The molecule has 4 heterocycles. The number of anilines is 2. The number of carbonyl (C=O) groups excluding carboxylic acids is 1. The second kappa shape index (κ2) is 7.63. The second-order valence-corrected chi connectivity index (χ2v) is 7.21. The summed E-state index contributed by atoms with van der Waals surface area (Å²) in [5.41, 5.74) is 0.411. The van der Waals surface area contributed by atoms with E-state index in [-0.39, 0.29) is 11.1 Å². The Kier molecular flexibility index (Phi) is 5.01. The quantitative estimate of drug-likeness (QED) is 0.667. The van der Waals surface area contributed by atoms with Gasteiger partial charge in [0.05, 0.1) is 5.69 Å². The number of nitrogens with one attached hydrogen (secondary N) is 2. The van der Waals surface area contributed by atoms with Crippen LogP contribution in [0.15, 0.2) is 29.3 Å². The van der Waals surface area contributed by atoms with Crippen molar-refractivity contribution in [1.82, 2.24) is 29.5 Å². The van der Waals surface area contributed by atoms with Crippen LogP contribution in [0.1, 0.15) is 29.9 Å². The highest BCUT2D eigenvalue weighted by Crippen LogP contribution is 2.14. The van der Waals surface area contributed by atoms with E-state index < -0.39 is 5.91 Å². The minimum Gasteiger partial charge on any atom is -0.352 e. The van der Waals surface area contributed by atoms with Crippen molar-refractivity contribution in [2.24, 2.45) is 0 Å². The second-order valence-electron chi connectivity index (χ2n) is 7.21. The highest BCUT2D eigenvalue weighted by molar-refractivity contribution is 6.03. The van der Waals surface area contributed by atoms with Gasteiger partial charge in [-0.3, -0.25) is 18.6 Å². The van der Waals surface area contributed by atoms with Crippen molar-refractivity contribution in [1.29, 1.82) is 0 Å². The zero-order valence-corrected chi connectivity index (χ0v) is 16.7. The van der Waals surface area contributed by atoms with Gasteiger partial charge >= 0.3 is 0 Å². The van der Waals surface area contributed by atoms with Crippen LogP contribution in [-0.4, -0.2) is 55.7 Å². The number of imidazole rings is 1. The Balaban J connectivity index is 1.56. The summed E-state index contributed by atoms with van der Waals surface area (Å²) in [5, 5.41) is 14.4. The molecule has 4 rings (SSSR count). The molecule has 0 unspecified atom stereocenters. The Labute approximate surface area is 167 Å². The summed E-state index contributed by atoms with van der Waals surface area (Å²) in [6.45, 7) is 8.81. The zero-order valence-electron chi connectivity index (χ0n) is 16.7. The summed E-state index contributed by atoms with van der Waals surface area (Å²) in [4.78, 5) is 32.0.